The van der Waals surface area contributed by atoms with Crippen LogP contribution >= 0.6 is 0 Å². The molecule has 0 bridgehead atoms. The molecule has 4 nitrogen and oxygen atoms in total. The van der Waals surface area contributed by atoms with Crippen molar-refractivity contribution in [2.75, 3.05) is 18.5 Å². The molecule has 0 fully saturated rings. The number of anilines is 1. The van der Waals surface area contributed by atoms with Crippen LogP contribution in [0.4, 0.5) is 10.5 Å². The minimum Gasteiger partial charge on any atom is -0.313 e. The van der Waals surface area contributed by atoms with E-state index in [1.165, 1.54) is 6.92 Å². The third-order valence-electron chi connectivity index (χ3n) is 2.69. The van der Waals surface area contributed by atoms with Crippen LogP contribution in [0.15, 0.2) is 24.3 Å². The van der Waals surface area contributed by atoms with Crippen LogP contribution < -0.4 is 4.90 Å². The molecule has 0 saturated carbocycles. The zero-order valence-corrected chi connectivity index (χ0v) is 9.43. The molecule has 84 valence electrons. The number of amides is 2. The SMILES string of the molecule is CC(=O)CN1Cc2ccccc2N(C)C1=O. The van der Waals surface area contributed by atoms with E-state index in [-0.39, 0.29) is 18.4 Å². The molecule has 0 N–H and O–H groups in total. The molecule has 0 radical (unpaired) electrons. The summed E-state index contributed by atoms with van der Waals surface area (Å²) < 4.78 is 0. The van der Waals surface area contributed by atoms with E-state index in [2.05, 4.69) is 0 Å². The summed E-state index contributed by atoms with van der Waals surface area (Å²) in [5, 5.41) is 0. The molecule has 2 rings (SSSR count). The van der Waals surface area contributed by atoms with Crippen LogP contribution in [-0.2, 0) is 11.3 Å². The molecule has 2 amide bonds. The second-order valence-electron chi connectivity index (χ2n) is 4.03. The van der Waals surface area contributed by atoms with Crippen LogP contribution in [0.25, 0.3) is 0 Å². The van der Waals surface area contributed by atoms with E-state index >= 15 is 0 Å². The minimum absolute atomic E-state index is 0.00105. The Bertz CT molecular complexity index is 442. The molecular weight excluding hydrogens is 204 g/mol. The highest BCUT2D eigenvalue weighted by atomic mass is 16.2. The van der Waals surface area contributed by atoms with Gasteiger partial charge >= 0.3 is 6.03 Å². The zero-order chi connectivity index (χ0) is 11.7. The summed E-state index contributed by atoms with van der Waals surface area (Å²) in [4.78, 5) is 26.1. The molecule has 1 aliphatic rings. The minimum atomic E-state index is -0.117. The summed E-state index contributed by atoms with van der Waals surface area (Å²) in [6.45, 7) is 2.18. The van der Waals surface area contributed by atoms with E-state index in [0.29, 0.717) is 6.54 Å². The van der Waals surface area contributed by atoms with E-state index in [4.69, 9.17) is 0 Å². The number of para-hydroxylation sites is 1. The van der Waals surface area contributed by atoms with Crippen LogP contribution in [0.1, 0.15) is 12.5 Å². The van der Waals surface area contributed by atoms with Crippen molar-refractivity contribution in [1.82, 2.24) is 4.90 Å². The monoisotopic (exact) mass is 218 g/mol. The molecule has 0 aromatic heterocycles. The van der Waals surface area contributed by atoms with Gasteiger partial charge < -0.3 is 4.90 Å². The molecule has 16 heavy (non-hydrogen) atoms. The second-order valence-corrected chi connectivity index (χ2v) is 4.03. The lowest BCUT2D eigenvalue weighted by molar-refractivity contribution is -0.117. The van der Waals surface area contributed by atoms with Crippen molar-refractivity contribution < 1.29 is 9.59 Å². The first-order chi connectivity index (χ1) is 7.59. The highest BCUT2D eigenvalue weighted by Crippen LogP contribution is 2.26. The molecule has 1 aliphatic heterocycles. The summed E-state index contributed by atoms with van der Waals surface area (Å²) in [5.41, 5.74) is 2.00. The van der Waals surface area contributed by atoms with Gasteiger partial charge in [0.05, 0.1) is 12.2 Å². The number of hydrogen-bond acceptors (Lipinski definition) is 2. The van der Waals surface area contributed by atoms with E-state index < -0.39 is 0 Å². The number of carbonyl (C=O) groups excluding carboxylic acids is 2. The lowest BCUT2D eigenvalue weighted by atomic mass is 10.1. The van der Waals surface area contributed by atoms with Crippen molar-refractivity contribution >= 4 is 17.5 Å². The number of benzene rings is 1. The van der Waals surface area contributed by atoms with Gasteiger partial charge in [0, 0.05) is 13.6 Å². The summed E-state index contributed by atoms with van der Waals surface area (Å²) in [7, 11) is 1.73. The third kappa shape index (κ3) is 1.78. The normalized spacial score (nSPS) is 15.0. The van der Waals surface area contributed by atoms with Gasteiger partial charge in [0.2, 0.25) is 0 Å². The van der Waals surface area contributed by atoms with Gasteiger partial charge in [-0.15, -0.1) is 0 Å². The molecule has 0 unspecified atom stereocenters. The summed E-state index contributed by atoms with van der Waals surface area (Å²) in [6, 6.07) is 7.62. The average Bonchev–Trinajstić information content (AvgIpc) is 2.25. The highest BCUT2D eigenvalue weighted by Gasteiger charge is 2.27. The number of carbonyl (C=O) groups is 2. The fourth-order valence-electron chi connectivity index (χ4n) is 1.95. The Morgan fingerprint density at radius 3 is 2.75 bits per heavy atom. The smallest absolute Gasteiger partial charge is 0.313 e. The Morgan fingerprint density at radius 2 is 2.06 bits per heavy atom. The molecule has 1 aromatic rings. The van der Waals surface area contributed by atoms with Crippen LogP contribution in [-0.4, -0.2) is 30.3 Å². The van der Waals surface area contributed by atoms with Gasteiger partial charge in [-0.1, -0.05) is 18.2 Å². The zero-order valence-electron chi connectivity index (χ0n) is 9.43. The Morgan fingerprint density at radius 1 is 1.38 bits per heavy atom. The van der Waals surface area contributed by atoms with Crippen LogP contribution in [0.3, 0.4) is 0 Å². The summed E-state index contributed by atoms with van der Waals surface area (Å²) in [6.07, 6.45) is 0. The van der Waals surface area contributed by atoms with Crippen molar-refractivity contribution in [2.45, 2.75) is 13.5 Å². The number of ketones is 1. The van der Waals surface area contributed by atoms with Crippen molar-refractivity contribution in [2.24, 2.45) is 0 Å². The number of hydrogen-bond donors (Lipinski definition) is 0. The Hall–Kier alpha value is -1.84. The van der Waals surface area contributed by atoms with Gasteiger partial charge in [-0.05, 0) is 18.6 Å². The van der Waals surface area contributed by atoms with Gasteiger partial charge in [-0.25, -0.2) is 4.79 Å². The standard InChI is InChI=1S/C12H14N2O2/c1-9(15)7-14-8-10-5-3-4-6-11(10)13(2)12(14)16/h3-6H,7-8H2,1-2H3. The highest BCUT2D eigenvalue weighted by molar-refractivity contribution is 5.96. The molecule has 0 atom stereocenters. The van der Waals surface area contributed by atoms with Crippen LogP contribution in [0.5, 0.6) is 0 Å². The van der Waals surface area contributed by atoms with E-state index in [9.17, 15) is 9.59 Å². The Labute approximate surface area is 94.5 Å². The molecule has 0 saturated heterocycles. The van der Waals surface area contributed by atoms with Gasteiger partial charge in [-0.3, -0.25) is 9.69 Å². The predicted molar refractivity (Wildman–Crippen MR) is 61.3 cm³/mol. The first kappa shape index (κ1) is 10.7. The lowest BCUT2D eigenvalue weighted by Crippen LogP contribution is -2.46. The summed E-state index contributed by atoms with van der Waals surface area (Å²) >= 11 is 0. The molecule has 1 aromatic carbocycles. The van der Waals surface area contributed by atoms with Crippen LogP contribution in [0.2, 0.25) is 0 Å². The molecule has 1 heterocycles. The average molecular weight is 218 g/mol. The van der Waals surface area contributed by atoms with Crippen molar-refractivity contribution in [3.05, 3.63) is 29.8 Å². The van der Waals surface area contributed by atoms with Crippen LogP contribution in [0, 0.1) is 0 Å². The third-order valence-corrected chi connectivity index (χ3v) is 2.69. The lowest BCUT2D eigenvalue weighted by Gasteiger charge is -2.34. The van der Waals surface area contributed by atoms with Gasteiger partial charge in [0.1, 0.15) is 5.78 Å². The fourth-order valence-corrected chi connectivity index (χ4v) is 1.95. The molecule has 0 spiro atoms. The van der Waals surface area contributed by atoms with Crippen molar-refractivity contribution in [3.63, 3.8) is 0 Å². The number of urea groups is 1. The molecule has 4 heteroatoms. The van der Waals surface area contributed by atoms with E-state index in [1.54, 1.807) is 16.8 Å². The maximum Gasteiger partial charge on any atom is 0.324 e. The number of nitrogens with zero attached hydrogens (tertiary/aromatic N) is 2. The number of Topliss-reactive ketones (excluding diaryl/α,β-unsaturated/α-hetero) is 1. The predicted octanol–water partition coefficient (Wildman–Crippen LogP) is 1.65. The Kier molecular flexibility index (Phi) is 2.64. The van der Waals surface area contributed by atoms with Gasteiger partial charge in [0.25, 0.3) is 0 Å². The quantitative estimate of drug-likeness (QED) is 0.757. The van der Waals surface area contributed by atoms with E-state index in [1.807, 2.05) is 24.3 Å². The topological polar surface area (TPSA) is 40.6 Å². The number of rotatable bonds is 2. The number of fused-ring (bicyclic) bond motifs is 1. The first-order valence-corrected chi connectivity index (χ1v) is 5.19. The van der Waals surface area contributed by atoms with Crippen molar-refractivity contribution in [3.8, 4) is 0 Å². The fraction of sp³-hybridized carbons (Fsp3) is 0.333. The van der Waals surface area contributed by atoms with Crippen molar-refractivity contribution in [1.29, 1.82) is 0 Å². The van der Waals surface area contributed by atoms with Gasteiger partial charge in [0.15, 0.2) is 0 Å². The molecule has 0 aliphatic carbocycles. The largest absolute Gasteiger partial charge is 0.324 e. The first-order valence-electron chi connectivity index (χ1n) is 5.19. The van der Waals surface area contributed by atoms with Gasteiger partial charge in [-0.2, -0.15) is 0 Å². The van der Waals surface area contributed by atoms with E-state index in [0.717, 1.165) is 11.3 Å². The maximum atomic E-state index is 11.9. The second kappa shape index (κ2) is 3.96. The molecular formula is C12H14N2O2. The Balaban J connectivity index is 2.32. The maximum absolute atomic E-state index is 11.9. The summed E-state index contributed by atoms with van der Waals surface area (Å²) in [5.74, 6) is 0.00105.